The third-order valence-corrected chi connectivity index (χ3v) is 7.73. The number of nitrogens with one attached hydrogen (secondary N) is 2. The molecular weight excluding hydrogens is 492 g/mol. The van der Waals surface area contributed by atoms with E-state index in [-0.39, 0.29) is 17.2 Å². The normalized spacial score (nSPS) is 14.4. The Morgan fingerprint density at radius 2 is 1.78 bits per heavy atom. The summed E-state index contributed by atoms with van der Waals surface area (Å²) >= 11 is 7.06. The molecule has 0 saturated carbocycles. The summed E-state index contributed by atoms with van der Waals surface area (Å²) in [5.41, 5.74) is 3.13. The van der Waals surface area contributed by atoms with E-state index in [1.807, 2.05) is 43.3 Å². The maximum Gasteiger partial charge on any atom is 0.259 e. The molecule has 0 unspecified atom stereocenters. The number of thiocarbonyl (C=S) groups is 1. The van der Waals surface area contributed by atoms with E-state index in [4.69, 9.17) is 21.9 Å². The minimum atomic E-state index is -0.201. The van der Waals surface area contributed by atoms with Crippen LogP contribution in [0.5, 0.6) is 5.75 Å². The lowest BCUT2D eigenvalue weighted by molar-refractivity contribution is 0.102. The summed E-state index contributed by atoms with van der Waals surface area (Å²) in [4.78, 5) is 20.2. The van der Waals surface area contributed by atoms with Crippen LogP contribution in [0, 0.1) is 6.92 Å². The van der Waals surface area contributed by atoms with E-state index < -0.39 is 0 Å². The maximum atomic E-state index is 13.2. The van der Waals surface area contributed by atoms with Gasteiger partial charge in [-0.1, -0.05) is 32.1 Å². The maximum absolute atomic E-state index is 13.2. The Bertz CT molecular complexity index is 1230. The lowest BCUT2D eigenvalue weighted by Crippen LogP contribution is -2.40. The number of hydrogen-bond acceptors (Lipinski definition) is 7. The van der Waals surface area contributed by atoms with Crippen molar-refractivity contribution >= 4 is 45.4 Å². The number of carbonyl (C=O) groups is 1. The highest BCUT2D eigenvalue weighted by Crippen LogP contribution is 2.31. The van der Waals surface area contributed by atoms with Crippen LogP contribution in [0.25, 0.3) is 0 Å². The van der Waals surface area contributed by atoms with Gasteiger partial charge in [-0.05, 0) is 68.4 Å². The molecule has 0 radical (unpaired) electrons. The highest BCUT2D eigenvalue weighted by molar-refractivity contribution is 7.80. The molecule has 2 aromatic heterocycles. The number of piperidine rings is 1. The molecule has 3 heterocycles. The van der Waals surface area contributed by atoms with Crippen LogP contribution in [-0.2, 0) is 5.41 Å². The van der Waals surface area contributed by atoms with E-state index in [0.717, 1.165) is 53.8 Å². The minimum absolute atomic E-state index is 0.117. The molecule has 36 heavy (non-hydrogen) atoms. The Balaban J connectivity index is 1.41. The molecule has 4 rings (SSSR count). The van der Waals surface area contributed by atoms with Gasteiger partial charge in [-0.15, -0.1) is 10.2 Å². The quantitative estimate of drug-likeness (QED) is 0.430. The number of rotatable bonds is 5. The van der Waals surface area contributed by atoms with Gasteiger partial charge in [-0.3, -0.25) is 15.1 Å². The van der Waals surface area contributed by atoms with Crippen LogP contribution in [0.3, 0.4) is 0 Å². The molecule has 0 atom stereocenters. The van der Waals surface area contributed by atoms with Gasteiger partial charge in [0.2, 0.25) is 5.13 Å². The first-order valence-corrected chi connectivity index (χ1v) is 13.2. The summed E-state index contributed by atoms with van der Waals surface area (Å²) < 4.78 is 5.22. The van der Waals surface area contributed by atoms with Crippen molar-refractivity contribution in [2.75, 3.05) is 30.8 Å². The molecule has 8 nitrogen and oxygen atoms in total. The molecule has 1 saturated heterocycles. The van der Waals surface area contributed by atoms with Crippen molar-refractivity contribution < 1.29 is 9.53 Å². The van der Waals surface area contributed by atoms with E-state index >= 15 is 0 Å². The van der Waals surface area contributed by atoms with Crippen LogP contribution in [-0.4, -0.2) is 51.3 Å². The number of nitrogens with zero attached hydrogens (tertiary/aromatic N) is 4. The van der Waals surface area contributed by atoms with E-state index in [0.29, 0.717) is 15.8 Å². The number of carbonyl (C=O) groups excluding carboxylic acids is 1. The zero-order valence-electron chi connectivity index (χ0n) is 21.3. The van der Waals surface area contributed by atoms with Crippen molar-refractivity contribution in [2.45, 2.75) is 51.9 Å². The molecule has 1 fully saturated rings. The van der Waals surface area contributed by atoms with Gasteiger partial charge in [0.05, 0.1) is 18.4 Å². The average Bonchev–Trinajstić information content (AvgIpc) is 3.33. The number of ether oxygens (including phenoxy) is 1. The predicted molar refractivity (Wildman–Crippen MR) is 148 cm³/mol. The fourth-order valence-corrected chi connectivity index (χ4v) is 5.15. The second-order valence-corrected chi connectivity index (χ2v) is 11.3. The van der Waals surface area contributed by atoms with Crippen LogP contribution in [0.2, 0.25) is 0 Å². The van der Waals surface area contributed by atoms with E-state index in [1.54, 1.807) is 7.11 Å². The standard InChI is InChI=1S/C26H32N6O2S2/c1-16-6-11-20(22(33)29-24-31-30-23(36-24)26(2,3)4)21(27-16)17-12-14-32(15-13-17)25(35)28-18-7-9-19(34-5)10-8-18/h6-11,17H,12-15H2,1-5H3,(H,28,35)(H,29,31,33). The van der Waals surface area contributed by atoms with Gasteiger partial charge in [-0.25, -0.2) is 0 Å². The van der Waals surface area contributed by atoms with Gasteiger partial charge in [0.15, 0.2) is 5.11 Å². The second kappa shape index (κ2) is 10.9. The smallest absolute Gasteiger partial charge is 0.259 e. The third-order valence-electron chi connectivity index (χ3n) is 6.11. The summed E-state index contributed by atoms with van der Waals surface area (Å²) in [7, 11) is 1.65. The Hall–Kier alpha value is -3.11. The monoisotopic (exact) mass is 524 g/mol. The molecule has 0 bridgehead atoms. The predicted octanol–water partition coefficient (Wildman–Crippen LogP) is 5.38. The first-order valence-electron chi connectivity index (χ1n) is 12.0. The Kier molecular flexibility index (Phi) is 7.85. The number of aromatic nitrogens is 3. The Morgan fingerprint density at radius 3 is 2.39 bits per heavy atom. The second-order valence-electron chi connectivity index (χ2n) is 9.92. The van der Waals surface area contributed by atoms with Gasteiger partial charge in [0.1, 0.15) is 10.8 Å². The molecule has 190 valence electrons. The number of pyridine rings is 1. The van der Waals surface area contributed by atoms with Crippen LogP contribution < -0.4 is 15.4 Å². The highest BCUT2D eigenvalue weighted by atomic mass is 32.1. The van der Waals surface area contributed by atoms with Crippen molar-refractivity contribution in [3.8, 4) is 5.75 Å². The molecular formula is C26H32N6O2S2. The molecule has 2 N–H and O–H groups in total. The number of benzene rings is 1. The number of methoxy groups -OCH3 is 1. The third kappa shape index (κ3) is 6.17. The van der Waals surface area contributed by atoms with Crippen LogP contribution in [0.4, 0.5) is 10.8 Å². The molecule has 0 aliphatic carbocycles. The van der Waals surface area contributed by atoms with Crippen LogP contribution in [0.1, 0.15) is 66.3 Å². The van der Waals surface area contributed by atoms with Gasteiger partial charge >= 0.3 is 0 Å². The Morgan fingerprint density at radius 1 is 1.08 bits per heavy atom. The zero-order valence-corrected chi connectivity index (χ0v) is 22.9. The van der Waals surface area contributed by atoms with E-state index in [1.165, 1.54) is 11.3 Å². The highest BCUT2D eigenvalue weighted by Gasteiger charge is 2.28. The molecule has 10 heteroatoms. The van der Waals surface area contributed by atoms with Gasteiger partial charge in [-0.2, -0.15) is 0 Å². The number of hydrogen-bond donors (Lipinski definition) is 2. The van der Waals surface area contributed by atoms with Crippen molar-refractivity contribution in [1.29, 1.82) is 0 Å². The minimum Gasteiger partial charge on any atom is -0.497 e. The summed E-state index contributed by atoms with van der Waals surface area (Å²) in [6.45, 7) is 9.75. The van der Waals surface area contributed by atoms with Crippen LogP contribution >= 0.6 is 23.6 Å². The Labute approximate surface area is 221 Å². The molecule has 1 aromatic carbocycles. The van der Waals surface area contributed by atoms with E-state index in [9.17, 15) is 4.79 Å². The molecule has 0 spiro atoms. The first-order chi connectivity index (χ1) is 17.1. The first kappa shape index (κ1) is 26.0. The number of anilines is 2. The number of aryl methyl sites for hydroxylation is 1. The lowest BCUT2D eigenvalue weighted by Gasteiger charge is -2.34. The fourth-order valence-electron chi connectivity index (χ4n) is 4.05. The molecule has 1 aliphatic heterocycles. The van der Waals surface area contributed by atoms with Gasteiger partial charge < -0.3 is 15.0 Å². The molecule has 1 aliphatic rings. The summed E-state index contributed by atoms with van der Waals surface area (Å²) in [6.07, 6.45) is 1.71. The van der Waals surface area contributed by atoms with Crippen LogP contribution in [0.15, 0.2) is 36.4 Å². The van der Waals surface area contributed by atoms with Crippen molar-refractivity contribution in [1.82, 2.24) is 20.1 Å². The SMILES string of the molecule is COc1ccc(NC(=S)N2CCC(c3nc(C)ccc3C(=O)Nc3nnc(C(C)(C)C)s3)CC2)cc1. The van der Waals surface area contributed by atoms with Gasteiger partial charge in [0, 0.05) is 35.8 Å². The molecule has 3 aromatic rings. The van der Waals surface area contributed by atoms with Crippen molar-refractivity contribution in [3.05, 3.63) is 58.4 Å². The average molecular weight is 525 g/mol. The lowest BCUT2D eigenvalue weighted by atomic mass is 9.90. The summed E-state index contributed by atoms with van der Waals surface area (Å²) in [6, 6.07) is 11.4. The van der Waals surface area contributed by atoms with Crippen molar-refractivity contribution in [3.63, 3.8) is 0 Å². The summed E-state index contributed by atoms with van der Waals surface area (Å²) in [5.74, 6) is 0.775. The van der Waals surface area contributed by atoms with E-state index in [2.05, 4.69) is 46.5 Å². The largest absolute Gasteiger partial charge is 0.497 e. The zero-order chi connectivity index (χ0) is 25.9. The molecule has 1 amide bonds. The fraction of sp³-hybridized carbons (Fsp3) is 0.423. The number of amides is 1. The van der Waals surface area contributed by atoms with Gasteiger partial charge in [0.25, 0.3) is 5.91 Å². The topological polar surface area (TPSA) is 92.3 Å². The van der Waals surface area contributed by atoms with Crippen molar-refractivity contribution in [2.24, 2.45) is 0 Å². The summed E-state index contributed by atoms with van der Waals surface area (Å²) in [5, 5.41) is 16.7. The number of likely N-dealkylation sites (tertiary alicyclic amines) is 1.